The van der Waals surface area contributed by atoms with E-state index in [2.05, 4.69) is 32.6 Å². The van der Waals surface area contributed by atoms with Crippen molar-refractivity contribution in [2.75, 3.05) is 19.7 Å². The van der Waals surface area contributed by atoms with E-state index < -0.39 is 0 Å². The zero-order chi connectivity index (χ0) is 14.6. The zero-order valence-electron chi connectivity index (χ0n) is 13.4. The van der Waals surface area contributed by atoms with Crippen LogP contribution in [0, 0.1) is 0 Å². The van der Waals surface area contributed by atoms with Gasteiger partial charge in [0.1, 0.15) is 0 Å². The molecule has 0 spiro atoms. The molecule has 2 N–H and O–H groups in total. The molecule has 3 aliphatic rings. The molecule has 2 aliphatic heterocycles. The normalized spacial score (nSPS) is 43.6. The van der Waals surface area contributed by atoms with Gasteiger partial charge in [0.2, 0.25) is 0 Å². The van der Waals surface area contributed by atoms with Gasteiger partial charge in [-0.1, -0.05) is 0 Å². The van der Waals surface area contributed by atoms with Gasteiger partial charge in [0.25, 0.3) is 0 Å². The number of morpholine rings is 1. The number of fused-ring (bicyclic) bond motifs is 1. The molecule has 1 saturated carbocycles. The molecule has 20 heavy (non-hydrogen) atoms. The Kier molecular flexibility index (Phi) is 3.45. The maximum absolute atomic E-state index is 6.38. The summed E-state index contributed by atoms with van der Waals surface area (Å²) >= 11 is 0. The van der Waals surface area contributed by atoms with Gasteiger partial charge in [-0.05, 0) is 53.4 Å². The molecule has 0 amide bonds. The van der Waals surface area contributed by atoms with Crippen molar-refractivity contribution in [1.29, 1.82) is 0 Å². The minimum Gasteiger partial charge on any atom is -0.375 e. The topological polar surface area (TPSA) is 47.7 Å². The van der Waals surface area contributed by atoms with Crippen molar-refractivity contribution in [3.63, 3.8) is 0 Å². The molecule has 2 saturated heterocycles. The first-order valence-electron chi connectivity index (χ1n) is 8.10. The summed E-state index contributed by atoms with van der Waals surface area (Å²) in [6, 6.07) is 0.532. The molecule has 3 unspecified atom stereocenters. The highest BCUT2D eigenvalue weighted by Gasteiger charge is 2.61. The van der Waals surface area contributed by atoms with Gasteiger partial charge < -0.3 is 15.2 Å². The zero-order valence-corrected chi connectivity index (χ0v) is 13.4. The van der Waals surface area contributed by atoms with Crippen molar-refractivity contribution in [2.45, 2.75) is 82.3 Å². The van der Waals surface area contributed by atoms with E-state index in [9.17, 15) is 0 Å². The quantitative estimate of drug-likeness (QED) is 0.840. The standard InChI is InChI=1S/C16H30N2O2/c1-14(2)10-16(11-17,15(3,4)20-14)18-8-9-19-13-7-5-6-12(13)18/h12-13H,5-11,17H2,1-4H3. The molecule has 0 radical (unpaired) electrons. The maximum Gasteiger partial charge on any atom is 0.0830 e. The Labute approximate surface area is 123 Å². The lowest BCUT2D eigenvalue weighted by atomic mass is 9.76. The third-order valence-electron chi connectivity index (χ3n) is 5.74. The average molecular weight is 282 g/mol. The third-order valence-corrected chi connectivity index (χ3v) is 5.74. The third kappa shape index (κ3) is 2.04. The summed E-state index contributed by atoms with van der Waals surface area (Å²) in [6.07, 6.45) is 5.13. The van der Waals surface area contributed by atoms with E-state index in [1.807, 2.05) is 0 Å². The molecule has 3 atom stereocenters. The van der Waals surface area contributed by atoms with Crippen LogP contribution in [0.5, 0.6) is 0 Å². The number of hydrogen-bond acceptors (Lipinski definition) is 4. The fraction of sp³-hybridized carbons (Fsp3) is 1.00. The molecule has 3 fully saturated rings. The van der Waals surface area contributed by atoms with E-state index in [0.29, 0.717) is 18.7 Å². The molecule has 0 aromatic carbocycles. The van der Waals surface area contributed by atoms with Gasteiger partial charge in [0, 0.05) is 19.1 Å². The average Bonchev–Trinajstić information content (AvgIpc) is 2.88. The molecule has 3 rings (SSSR count). The van der Waals surface area contributed by atoms with Crippen molar-refractivity contribution < 1.29 is 9.47 Å². The van der Waals surface area contributed by atoms with Crippen molar-refractivity contribution in [3.8, 4) is 0 Å². The van der Waals surface area contributed by atoms with Crippen LogP contribution in [0.2, 0.25) is 0 Å². The van der Waals surface area contributed by atoms with Gasteiger partial charge in [0.05, 0.1) is 29.5 Å². The Hall–Kier alpha value is -0.160. The number of nitrogens with zero attached hydrogens (tertiary/aromatic N) is 1. The lowest BCUT2D eigenvalue weighted by Gasteiger charge is -2.53. The first-order chi connectivity index (χ1) is 9.31. The predicted octanol–water partition coefficient (Wildman–Crippen LogP) is 1.91. The molecule has 2 heterocycles. The molecule has 116 valence electrons. The summed E-state index contributed by atoms with van der Waals surface area (Å²) in [7, 11) is 0. The maximum atomic E-state index is 6.38. The minimum absolute atomic E-state index is 0.0620. The smallest absolute Gasteiger partial charge is 0.0830 e. The first kappa shape index (κ1) is 14.8. The number of hydrogen-bond donors (Lipinski definition) is 1. The molecule has 4 nitrogen and oxygen atoms in total. The van der Waals surface area contributed by atoms with Gasteiger partial charge in [-0.25, -0.2) is 0 Å². The SMILES string of the molecule is CC1(C)CC(CN)(N2CCOC3CCCC32)C(C)(C)O1. The lowest BCUT2D eigenvalue weighted by Crippen LogP contribution is -2.69. The largest absolute Gasteiger partial charge is 0.375 e. The van der Waals surface area contributed by atoms with Crippen LogP contribution in [-0.4, -0.2) is 53.5 Å². The molecule has 1 aliphatic carbocycles. The van der Waals surface area contributed by atoms with Crippen molar-refractivity contribution >= 4 is 0 Å². The van der Waals surface area contributed by atoms with E-state index in [0.717, 1.165) is 19.6 Å². The van der Waals surface area contributed by atoms with Gasteiger partial charge in [-0.2, -0.15) is 0 Å². The van der Waals surface area contributed by atoms with E-state index in [1.54, 1.807) is 0 Å². The van der Waals surface area contributed by atoms with Crippen LogP contribution in [0.1, 0.15) is 53.4 Å². The second-order valence-corrected chi connectivity index (χ2v) is 7.89. The second-order valence-electron chi connectivity index (χ2n) is 7.89. The number of nitrogens with two attached hydrogens (primary N) is 1. The fourth-order valence-corrected chi connectivity index (χ4v) is 5.08. The van der Waals surface area contributed by atoms with Gasteiger partial charge in [-0.3, -0.25) is 4.90 Å². The number of ether oxygens (including phenoxy) is 2. The Bertz CT molecular complexity index is 383. The Morgan fingerprint density at radius 1 is 1.20 bits per heavy atom. The fourth-order valence-electron chi connectivity index (χ4n) is 5.08. The molecule has 0 aromatic heterocycles. The van der Waals surface area contributed by atoms with Crippen molar-refractivity contribution in [1.82, 2.24) is 4.90 Å². The van der Waals surface area contributed by atoms with Crippen LogP contribution in [-0.2, 0) is 9.47 Å². The highest BCUT2D eigenvalue weighted by atomic mass is 16.5. The van der Waals surface area contributed by atoms with Gasteiger partial charge >= 0.3 is 0 Å². The van der Waals surface area contributed by atoms with Gasteiger partial charge in [0.15, 0.2) is 0 Å². The van der Waals surface area contributed by atoms with E-state index >= 15 is 0 Å². The summed E-state index contributed by atoms with van der Waals surface area (Å²) in [5.74, 6) is 0. The van der Waals surface area contributed by atoms with Gasteiger partial charge in [-0.15, -0.1) is 0 Å². The molecule has 0 aromatic rings. The highest BCUT2D eigenvalue weighted by molar-refractivity contribution is 5.15. The lowest BCUT2D eigenvalue weighted by molar-refractivity contribution is -0.146. The summed E-state index contributed by atoms with van der Waals surface area (Å²) in [6.45, 7) is 11.3. The molecular weight excluding hydrogens is 252 g/mol. The van der Waals surface area contributed by atoms with Crippen molar-refractivity contribution in [2.24, 2.45) is 5.73 Å². The van der Waals surface area contributed by atoms with Crippen LogP contribution in [0.15, 0.2) is 0 Å². The molecule has 0 bridgehead atoms. The Morgan fingerprint density at radius 3 is 2.55 bits per heavy atom. The molecular formula is C16H30N2O2. The van der Waals surface area contributed by atoms with E-state index in [4.69, 9.17) is 15.2 Å². The molecule has 4 heteroatoms. The first-order valence-corrected chi connectivity index (χ1v) is 8.10. The summed E-state index contributed by atoms with van der Waals surface area (Å²) in [4.78, 5) is 2.66. The van der Waals surface area contributed by atoms with Crippen molar-refractivity contribution in [3.05, 3.63) is 0 Å². The monoisotopic (exact) mass is 282 g/mol. The summed E-state index contributed by atoms with van der Waals surface area (Å²) in [5, 5.41) is 0. The van der Waals surface area contributed by atoms with E-state index in [1.165, 1.54) is 19.3 Å². The summed E-state index contributed by atoms with van der Waals surface area (Å²) in [5.41, 5.74) is 5.94. The van der Waals surface area contributed by atoms with E-state index in [-0.39, 0.29) is 16.7 Å². The summed E-state index contributed by atoms with van der Waals surface area (Å²) < 4.78 is 12.4. The minimum atomic E-state index is -0.213. The van der Waals surface area contributed by atoms with Crippen LogP contribution < -0.4 is 5.73 Å². The number of rotatable bonds is 2. The second kappa shape index (κ2) is 4.67. The Balaban J connectivity index is 1.96. The highest BCUT2D eigenvalue weighted by Crippen LogP contribution is 2.50. The van der Waals surface area contributed by atoms with Crippen LogP contribution in [0.4, 0.5) is 0 Å². The van der Waals surface area contributed by atoms with Crippen LogP contribution >= 0.6 is 0 Å². The Morgan fingerprint density at radius 2 is 1.95 bits per heavy atom. The predicted molar refractivity (Wildman–Crippen MR) is 79.7 cm³/mol. The van der Waals surface area contributed by atoms with Crippen LogP contribution in [0.3, 0.4) is 0 Å². The van der Waals surface area contributed by atoms with Crippen LogP contribution in [0.25, 0.3) is 0 Å².